The number of ether oxygens (including phenoxy) is 1. The molecule has 0 aliphatic carbocycles. The van der Waals surface area contributed by atoms with Crippen LogP contribution in [0.2, 0.25) is 5.02 Å². The van der Waals surface area contributed by atoms with Gasteiger partial charge in [-0.15, -0.1) is 0 Å². The molecule has 0 saturated carbocycles. The minimum atomic E-state index is -4.40. The standard InChI is InChI=1S/C19H15ClF3N3O2/c20-15-4-6-17(7-5-15)28-12-18(27)25-16-9-24-26(11-16)10-13-2-1-3-14(8-13)19(21,22)23/h1-9,11H,10,12H2,(H,25,27). The molecule has 3 aromatic rings. The molecule has 0 spiro atoms. The molecule has 0 atom stereocenters. The Bertz CT molecular complexity index is 956. The predicted molar refractivity (Wildman–Crippen MR) is 98.3 cm³/mol. The molecular weight excluding hydrogens is 395 g/mol. The van der Waals surface area contributed by atoms with Gasteiger partial charge in [0.05, 0.1) is 24.0 Å². The topological polar surface area (TPSA) is 56.1 Å². The van der Waals surface area contributed by atoms with Crippen molar-refractivity contribution >= 4 is 23.2 Å². The van der Waals surface area contributed by atoms with Crippen LogP contribution in [0.3, 0.4) is 0 Å². The molecule has 0 bridgehead atoms. The summed E-state index contributed by atoms with van der Waals surface area (Å²) in [6.45, 7) is -0.0680. The molecule has 28 heavy (non-hydrogen) atoms. The number of carbonyl (C=O) groups is 1. The Morgan fingerprint density at radius 1 is 1.18 bits per heavy atom. The van der Waals surface area contributed by atoms with Crippen molar-refractivity contribution in [2.75, 3.05) is 11.9 Å². The van der Waals surface area contributed by atoms with Crippen molar-refractivity contribution < 1.29 is 22.7 Å². The average Bonchev–Trinajstić information content (AvgIpc) is 3.07. The van der Waals surface area contributed by atoms with Crippen LogP contribution in [0.5, 0.6) is 5.75 Å². The van der Waals surface area contributed by atoms with Gasteiger partial charge in [-0.1, -0.05) is 23.7 Å². The third-order valence-corrected chi connectivity index (χ3v) is 3.95. The molecule has 0 aliphatic heterocycles. The summed E-state index contributed by atoms with van der Waals surface area (Å²) in [6, 6.07) is 11.6. The Morgan fingerprint density at radius 2 is 1.93 bits per heavy atom. The Labute approximate surface area is 163 Å². The minimum absolute atomic E-state index is 0.140. The van der Waals surface area contributed by atoms with Crippen LogP contribution < -0.4 is 10.1 Å². The van der Waals surface area contributed by atoms with Gasteiger partial charge in [0, 0.05) is 11.2 Å². The van der Waals surface area contributed by atoms with Crippen molar-refractivity contribution in [2.24, 2.45) is 0 Å². The second kappa shape index (κ2) is 8.35. The predicted octanol–water partition coefficient (Wildman–Crippen LogP) is 4.62. The first-order valence-corrected chi connectivity index (χ1v) is 8.54. The number of hydrogen-bond acceptors (Lipinski definition) is 3. The number of nitrogens with one attached hydrogen (secondary N) is 1. The van der Waals surface area contributed by atoms with Gasteiger partial charge < -0.3 is 10.1 Å². The van der Waals surface area contributed by atoms with E-state index in [4.69, 9.17) is 16.3 Å². The number of rotatable bonds is 6. The highest BCUT2D eigenvalue weighted by atomic mass is 35.5. The van der Waals surface area contributed by atoms with E-state index in [1.165, 1.54) is 23.1 Å². The second-order valence-electron chi connectivity index (χ2n) is 5.92. The smallest absolute Gasteiger partial charge is 0.416 e. The lowest BCUT2D eigenvalue weighted by Crippen LogP contribution is -2.19. The lowest BCUT2D eigenvalue weighted by molar-refractivity contribution is -0.137. The number of halogens is 4. The van der Waals surface area contributed by atoms with Gasteiger partial charge in [-0.05, 0) is 42.0 Å². The van der Waals surface area contributed by atoms with E-state index in [9.17, 15) is 18.0 Å². The van der Waals surface area contributed by atoms with Gasteiger partial charge in [0.2, 0.25) is 0 Å². The summed E-state index contributed by atoms with van der Waals surface area (Å²) in [5.41, 5.74) is 0.142. The van der Waals surface area contributed by atoms with Gasteiger partial charge in [-0.2, -0.15) is 18.3 Å². The van der Waals surface area contributed by atoms with E-state index in [1.807, 2.05) is 0 Å². The number of nitrogens with zero attached hydrogens (tertiary/aromatic N) is 2. The fourth-order valence-corrected chi connectivity index (χ4v) is 2.55. The lowest BCUT2D eigenvalue weighted by atomic mass is 10.1. The summed E-state index contributed by atoms with van der Waals surface area (Å²) in [5, 5.41) is 7.22. The quantitative estimate of drug-likeness (QED) is 0.646. The minimum Gasteiger partial charge on any atom is -0.484 e. The van der Waals surface area contributed by atoms with E-state index < -0.39 is 17.6 Å². The van der Waals surface area contributed by atoms with Crippen LogP contribution in [-0.2, 0) is 17.5 Å². The van der Waals surface area contributed by atoms with E-state index >= 15 is 0 Å². The first kappa shape index (κ1) is 19.8. The number of carbonyl (C=O) groups excluding carboxylic acids is 1. The fraction of sp³-hybridized carbons (Fsp3) is 0.158. The third-order valence-electron chi connectivity index (χ3n) is 3.70. The molecule has 1 aromatic heterocycles. The SMILES string of the molecule is O=C(COc1ccc(Cl)cc1)Nc1cnn(Cc2cccc(C(F)(F)F)c2)c1. The lowest BCUT2D eigenvalue weighted by Gasteiger charge is -2.08. The molecule has 0 radical (unpaired) electrons. The van der Waals surface area contributed by atoms with Gasteiger partial charge in [-0.3, -0.25) is 9.48 Å². The average molecular weight is 410 g/mol. The Kier molecular flexibility index (Phi) is 5.89. The van der Waals surface area contributed by atoms with Crippen molar-refractivity contribution in [3.63, 3.8) is 0 Å². The number of alkyl halides is 3. The molecule has 1 heterocycles. The molecular formula is C19H15ClF3N3O2. The summed E-state index contributed by atoms with van der Waals surface area (Å²) in [4.78, 5) is 12.0. The summed E-state index contributed by atoms with van der Waals surface area (Å²) in [6.07, 6.45) is -1.46. The highest BCUT2D eigenvalue weighted by Crippen LogP contribution is 2.29. The molecule has 1 N–H and O–H groups in total. The van der Waals surface area contributed by atoms with Gasteiger partial charge in [-0.25, -0.2) is 0 Å². The fourth-order valence-electron chi connectivity index (χ4n) is 2.42. The summed E-state index contributed by atoms with van der Waals surface area (Å²) in [7, 11) is 0. The molecule has 1 amide bonds. The van der Waals surface area contributed by atoms with Crippen molar-refractivity contribution in [1.82, 2.24) is 9.78 Å². The summed E-state index contributed by atoms with van der Waals surface area (Å²) in [5.74, 6) is 0.105. The number of aromatic nitrogens is 2. The first-order valence-electron chi connectivity index (χ1n) is 8.16. The number of anilines is 1. The van der Waals surface area contributed by atoms with Crippen molar-refractivity contribution in [1.29, 1.82) is 0 Å². The van der Waals surface area contributed by atoms with E-state index in [0.29, 0.717) is 22.0 Å². The molecule has 0 aliphatic rings. The number of amides is 1. The van der Waals surface area contributed by atoms with Crippen LogP contribution in [-0.4, -0.2) is 22.3 Å². The zero-order chi connectivity index (χ0) is 20.1. The summed E-state index contributed by atoms with van der Waals surface area (Å²) < 4.78 is 45.1. The van der Waals surface area contributed by atoms with Crippen molar-refractivity contribution in [3.05, 3.63) is 77.1 Å². The highest BCUT2D eigenvalue weighted by Gasteiger charge is 2.30. The van der Waals surface area contributed by atoms with Crippen molar-refractivity contribution in [2.45, 2.75) is 12.7 Å². The van der Waals surface area contributed by atoms with Gasteiger partial charge in [0.25, 0.3) is 5.91 Å². The normalized spacial score (nSPS) is 11.3. The van der Waals surface area contributed by atoms with Gasteiger partial charge in [0.15, 0.2) is 6.61 Å². The van der Waals surface area contributed by atoms with Crippen LogP contribution in [0.4, 0.5) is 18.9 Å². The maximum atomic E-state index is 12.8. The van der Waals surface area contributed by atoms with Crippen LogP contribution in [0, 0.1) is 0 Å². The summed E-state index contributed by atoms with van der Waals surface area (Å²) >= 11 is 5.77. The zero-order valence-corrected chi connectivity index (χ0v) is 15.2. The first-order chi connectivity index (χ1) is 13.3. The number of hydrogen-bond donors (Lipinski definition) is 1. The highest BCUT2D eigenvalue weighted by molar-refractivity contribution is 6.30. The molecule has 0 saturated heterocycles. The molecule has 146 valence electrons. The third kappa shape index (κ3) is 5.50. The molecule has 5 nitrogen and oxygen atoms in total. The van der Waals surface area contributed by atoms with Crippen LogP contribution in [0.15, 0.2) is 60.9 Å². The largest absolute Gasteiger partial charge is 0.484 e. The second-order valence-corrected chi connectivity index (χ2v) is 6.35. The Balaban J connectivity index is 1.55. The molecule has 0 unspecified atom stereocenters. The molecule has 3 rings (SSSR count). The maximum absolute atomic E-state index is 12.8. The van der Waals surface area contributed by atoms with E-state index in [2.05, 4.69) is 10.4 Å². The Hall–Kier alpha value is -3.00. The van der Waals surface area contributed by atoms with Gasteiger partial charge >= 0.3 is 6.18 Å². The molecule has 2 aromatic carbocycles. The number of benzene rings is 2. The Morgan fingerprint density at radius 3 is 2.64 bits per heavy atom. The van der Waals surface area contributed by atoms with E-state index in [1.54, 1.807) is 30.3 Å². The zero-order valence-electron chi connectivity index (χ0n) is 14.4. The van der Waals surface area contributed by atoms with Crippen molar-refractivity contribution in [3.8, 4) is 5.75 Å². The molecule has 0 fully saturated rings. The van der Waals surface area contributed by atoms with E-state index in [-0.39, 0.29) is 13.2 Å². The van der Waals surface area contributed by atoms with Gasteiger partial charge in [0.1, 0.15) is 5.75 Å². The van der Waals surface area contributed by atoms with Crippen LogP contribution >= 0.6 is 11.6 Å². The maximum Gasteiger partial charge on any atom is 0.416 e. The molecule has 9 heteroatoms. The van der Waals surface area contributed by atoms with Crippen LogP contribution in [0.25, 0.3) is 0 Å². The monoisotopic (exact) mass is 409 g/mol. The van der Waals surface area contributed by atoms with Crippen LogP contribution in [0.1, 0.15) is 11.1 Å². The van der Waals surface area contributed by atoms with E-state index in [0.717, 1.165) is 12.1 Å².